The lowest BCUT2D eigenvalue weighted by Crippen LogP contribution is -1.93. The molecule has 0 N–H and O–H groups in total. The van der Waals surface area contributed by atoms with Crippen LogP contribution in [0.15, 0.2) is 36.4 Å². The second-order valence-electron chi connectivity index (χ2n) is 5.54. The number of hydrogen-bond donors (Lipinski definition) is 0. The highest BCUT2D eigenvalue weighted by Gasteiger charge is 2.04. The highest BCUT2D eigenvalue weighted by Crippen LogP contribution is 2.15. The predicted molar refractivity (Wildman–Crippen MR) is 111 cm³/mol. The summed E-state index contributed by atoms with van der Waals surface area (Å²) in [5.41, 5.74) is 6.41. The lowest BCUT2D eigenvalue weighted by atomic mass is 9.99. The Hall–Kier alpha value is -2.58. The molecule has 0 saturated heterocycles. The average molecular weight is 349 g/mol. The highest BCUT2D eigenvalue weighted by atomic mass is 14.3. The maximum Gasteiger partial charge on any atom is 0.0997 e. The van der Waals surface area contributed by atoms with Crippen LogP contribution >= 0.6 is 0 Å². The SMILES string of the molecule is CC.CCc1cccc(CC)c1C#N.CCc1cccc(CC)c1C#N. The zero-order valence-electron chi connectivity index (χ0n) is 17.2. The van der Waals surface area contributed by atoms with E-state index in [2.05, 4.69) is 39.8 Å². The lowest BCUT2D eigenvalue weighted by molar-refractivity contribution is 1.07. The van der Waals surface area contributed by atoms with E-state index in [9.17, 15) is 0 Å². The molecule has 0 amide bonds. The third-order valence-electron chi connectivity index (χ3n) is 4.22. The summed E-state index contributed by atoms with van der Waals surface area (Å²) < 4.78 is 0. The molecule has 2 aromatic carbocycles. The third-order valence-corrected chi connectivity index (χ3v) is 4.22. The fourth-order valence-electron chi connectivity index (χ4n) is 2.77. The molecule has 26 heavy (non-hydrogen) atoms. The van der Waals surface area contributed by atoms with E-state index >= 15 is 0 Å². The number of aryl methyl sites for hydroxylation is 4. The molecule has 2 rings (SSSR count). The van der Waals surface area contributed by atoms with Gasteiger partial charge >= 0.3 is 0 Å². The minimum absolute atomic E-state index is 0.877. The molecule has 0 bridgehead atoms. The van der Waals surface area contributed by atoms with E-state index in [1.165, 1.54) is 0 Å². The Bertz CT molecular complexity index is 636. The van der Waals surface area contributed by atoms with Gasteiger partial charge in [-0.2, -0.15) is 10.5 Å². The number of nitrogens with zero attached hydrogens (tertiary/aromatic N) is 2. The van der Waals surface area contributed by atoms with E-state index in [-0.39, 0.29) is 0 Å². The van der Waals surface area contributed by atoms with E-state index in [4.69, 9.17) is 10.5 Å². The van der Waals surface area contributed by atoms with E-state index in [1.54, 1.807) is 0 Å². The molecule has 0 radical (unpaired) electrons. The van der Waals surface area contributed by atoms with E-state index < -0.39 is 0 Å². The summed E-state index contributed by atoms with van der Waals surface area (Å²) >= 11 is 0. The summed E-state index contributed by atoms with van der Waals surface area (Å²) in [6.07, 6.45) is 3.76. The topological polar surface area (TPSA) is 47.6 Å². The van der Waals surface area contributed by atoms with Crippen molar-refractivity contribution in [3.8, 4) is 12.1 Å². The summed E-state index contributed by atoms with van der Waals surface area (Å²) in [5, 5.41) is 17.8. The summed E-state index contributed by atoms with van der Waals surface area (Å²) in [6, 6.07) is 16.7. The maximum absolute atomic E-state index is 8.91. The molecule has 0 fully saturated rings. The van der Waals surface area contributed by atoms with Crippen LogP contribution in [0.4, 0.5) is 0 Å². The van der Waals surface area contributed by atoms with E-state index in [0.29, 0.717) is 0 Å². The summed E-state index contributed by atoms with van der Waals surface area (Å²) in [7, 11) is 0. The fourth-order valence-corrected chi connectivity index (χ4v) is 2.77. The lowest BCUT2D eigenvalue weighted by Gasteiger charge is -2.04. The number of hydrogen-bond acceptors (Lipinski definition) is 2. The Labute approximate surface area is 160 Å². The van der Waals surface area contributed by atoms with Crippen molar-refractivity contribution < 1.29 is 0 Å². The molecule has 2 heteroatoms. The van der Waals surface area contributed by atoms with Crippen LogP contribution in [0, 0.1) is 22.7 Å². The van der Waals surface area contributed by atoms with Crippen molar-refractivity contribution in [1.82, 2.24) is 0 Å². The van der Waals surface area contributed by atoms with Gasteiger partial charge in [0.15, 0.2) is 0 Å². The van der Waals surface area contributed by atoms with Crippen molar-refractivity contribution in [2.45, 2.75) is 67.2 Å². The Morgan fingerprint density at radius 2 is 0.808 bits per heavy atom. The fraction of sp³-hybridized carbons (Fsp3) is 0.417. The number of benzene rings is 2. The van der Waals surface area contributed by atoms with Crippen LogP contribution in [-0.4, -0.2) is 0 Å². The summed E-state index contributed by atoms with van der Waals surface area (Å²) in [6.45, 7) is 12.3. The van der Waals surface area contributed by atoms with Gasteiger partial charge in [-0.15, -0.1) is 0 Å². The number of nitriles is 2. The molecule has 0 aliphatic heterocycles. The summed E-state index contributed by atoms with van der Waals surface area (Å²) in [4.78, 5) is 0. The molecular weight excluding hydrogens is 316 g/mol. The largest absolute Gasteiger partial charge is 0.192 e. The second kappa shape index (κ2) is 13.7. The molecule has 0 atom stereocenters. The van der Waals surface area contributed by atoms with Crippen molar-refractivity contribution in [1.29, 1.82) is 10.5 Å². The van der Waals surface area contributed by atoms with Crippen molar-refractivity contribution in [3.63, 3.8) is 0 Å². The van der Waals surface area contributed by atoms with Crippen molar-refractivity contribution in [3.05, 3.63) is 69.8 Å². The zero-order valence-corrected chi connectivity index (χ0v) is 17.2. The molecule has 0 saturated carbocycles. The molecule has 0 spiro atoms. The van der Waals surface area contributed by atoms with Crippen LogP contribution in [0.2, 0.25) is 0 Å². The standard InChI is InChI=1S/2C11H13N.C2H6/c2*1-3-9-6-5-7-10(4-2)11(9)8-12;1-2/h2*5-7H,3-4H2,1-2H3;1-2H3. The Morgan fingerprint density at radius 1 is 0.577 bits per heavy atom. The van der Waals surface area contributed by atoms with E-state index in [1.807, 2.05) is 50.2 Å². The van der Waals surface area contributed by atoms with Crippen LogP contribution in [0.1, 0.15) is 74.9 Å². The molecule has 2 nitrogen and oxygen atoms in total. The van der Waals surface area contributed by atoms with Crippen LogP contribution in [-0.2, 0) is 25.7 Å². The van der Waals surface area contributed by atoms with Gasteiger partial charge in [0, 0.05) is 0 Å². The predicted octanol–water partition coefficient (Wildman–Crippen LogP) is 6.39. The van der Waals surface area contributed by atoms with Gasteiger partial charge in [0.05, 0.1) is 23.3 Å². The maximum atomic E-state index is 8.91. The smallest absolute Gasteiger partial charge is 0.0997 e. The van der Waals surface area contributed by atoms with Gasteiger partial charge in [-0.25, -0.2) is 0 Å². The van der Waals surface area contributed by atoms with Crippen LogP contribution < -0.4 is 0 Å². The minimum atomic E-state index is 0.877. The van der Waals surface area contributed by atoms with E-state index in [0.717, 1.165) is 59.1 Å². The van der Waals surface area contributed by atoms with Crippen molar-refractivity contribution in [2.24, 2.45) is 0 Å². The first-order chi connectivity index (χ1) is 12.7. The second-order valence-corrected chi connectivity index (χ2v) is 5.54. The van der Waals surface area contributed by atoms with Crippen molar-refractivity contribution >= 4 is 0 Å². The first-order valence-corrected chi connectivity index (χ1v) is 9.68. The van der Waals surface area contributed by atoms with Gasteiger partial charge in [-0.1, -0.05) is 77.9 Å². The minimum Gasteiger partial charge on any atom is -0.192 e. The number of rotatable bonds is 4. The first kappa shape index (κ1) is 23.4. The molecule has 0 aliphatic carbocycles. The quantitative estimate of drug-likeness (QED) is 0.642. The van der Waals surface area contributed by atoms with Gasteiger partial charge in [0.25, 0.3) is 0 Å². The van der Waals surface area contributed by atoms with Crippen molar-refractivity contribution in [2.75, 3.05) is 0 Å². The zero-order chi connectivity index (χ0) is 19.9. The molecule has 0 unspecified atom stereocenters. The summed E-state index contributed by atoms with van der Waals surface area (Å²) in [5.74, 6) is 0. The third kappa shape index (κ3) is 6.38. The Balaban J connectivity index is 0.000000439. The van der Waals surface area contributed by atoms with Crippen LogP contribution in [0.5, 0.6) is 0 Å². The van der Waals surface area contributed by atoms with Crippen LogP contribution in [0.25, 0.3) is 0 Å². The molecular formula is C24H32N2. The van der Waals surface area contributed by atoms with Crippen LogP contribution in [0.3, 0.4) is 0 Å². The van der Waals surface area contributed by atoms with Gasteiger partial charge in [-0.3, -0.25) is 0 Å². The molecule has 2 aromatic rings. The monoisotopic (exact) mass is 348 g/mol. The molecule has 0 aromatic heterocycles. The first-order valence-electron chi connectivity index (χ1n) is 9.68. The normalized spacial score (nSPS) is 8.92. The average Bonchev–Trinajstić information content (AvgIpc) is 2.73. The Kier molecular flexibility index (Phi) is 12.3. The molecule has 0 heterocycles. The Morgan fingerprint density at radius 3 is 0.962 bits per heavy atom. The van der Waals surface area contributed by atoms with Gasteiger partial charge in [0.2, 0.25) is 0 Å². The van der Waals surface area contributed by atoms with Gasteiger partial charge < -0.3 is 0 Å². The van der Waals surface area contributed by atoms with Gasteiger partial charge in [-0.05, 0) is 47.9 Å². The van der Waals surface area contributed by atoms with Gasteiger partial charge in [0.1, 0.15) is 0 Å². The molecule has 0 aliphatic rings. The highest BCUT2D eigenvalue weighted by molar-refractivity contribution is 5.45. The molecule has 138 valence electrons.